The van der Waals surface area contributed by atoms with Crippen LogP contribution in [0.2, 0.25) is 0 Å². The number of morpholine rings is 2. The van der Waals surface area contributed by atoms with E-state index in [1.54, 1.807) is 41.3 Å². The molecule has 0 spiro atoms. The van der Waals surface area contributed by atoms with E-state index in [2.05, 4.69) is 10.3 Å². The van der Waals surface area contributed by atoms with Gasteiger partial charge in [-0.3, -0.25) is 14.4 Å². The number of carbonyl (C=O) groups excluding carboxylic acids is 3. The number of aryl methyl sites for hydroxylation is 1. The molecule has 182 valence electrons. The minimum absolute atomic E-state index is 0.0146. The SMILES string of the molecule is Cc1cc2cc(NC(=O)C(O)C3OCCN(c4cccc(N5CCOCC5=O)c4)C3=O)ccc2[nH]1. The van der Waals surface area contributed by atoms with Crippen LogP contribution in [-0.2, 0) is 23.9 Å². The molecule has 2 aliphatic heterocycles. The molecule has 0 radical (unpaired) electrons. The lowest BCUT2D eigenvalue weighted by atomic mass is 10.1. The van der Waals surface area contributed by atoms with Crippen LogP contribution in [0.25, 0.3) is 10.9 Å². The molecule has 2 atom stereocenters. The summed E-state index contributed by atoms with van der Waals surface area (Å²) in [6, 6.07) is 14.3. The Bertz CT molecular complexity index is 1290. The van der Waals surface area contributed by atoms with E-state index < -0.39 is 24.0 Å². The van der Waals surface area contributed by atoms with Crippen molar-refractivity contribution in [2.75, 3.05) is 48.0 Å². The monoisotopic (exact) mass is 478 g/mol. The summed E-state index contributed by atoms with van der Waals surface area (Å²) in [4.78, 5) is 44.5. The smallest absolute Gasteiger partial charge is 0.259 e. The van der Waals surface area contributed by atoms with Gasteiger partial charge in [0.1, 0.15) is 6.61 Å². The van der Waals surface area contributed by atoms with Crippen molar-refractivity contribution >= 4 is 45.7 Å². The van der Waals surface area contributed by atoms with Gasteiger partial charge in [-0.1, -0.05) is 6.07 Å². The van der Waals surface area contributed by atoms with Crippen molar-refractivity contribution in [3.05, 3.63) is 54.2 Å². The number of rotatable bonds is 5. The van der Waals surface area contributed by atoms with Gasteiger partial charge in [0, 0.05) is 46.7 Å². The molecule has 2 fully saturated rings. The standard InChI is InChI=1S/C25H26N4O6/c1-15-11-16-12-17(5-6-20(16)26-15)27-24(32)22(31)23-25(33)29(8-10-35-23)19-4-2-3-18(13-19)28-7-9-34-14-21(28)30/h2-6,11-13,22-23,26,31H,7-10,14H2,1H3,(H,27,32). The van der Waals surface area contributed by atoms with Crippen molar-refractivity contribution in [3.63, 3.8) is 0 Å². The Labute approximate surface area is 201 Å². The number of amides is 3. The molecule has 3 amide bonds. The van der Waals surface area contributed by atoms with Crippen molar-refractivity contribution < 1.29 is 29.0 Å². The van der Waals surface area contributed by atoms with Crippen LogP contribution in [0.1, 0.15) is 5.69 Å². The van der Waals surface area contributed by atoms with Crippen LogP contribution in [-0.4, -0.2) is 72.9 Å². The van der Waals surface area contributed by atoms with E-state index in [1.807, 2.05) is 19.1 Å². The minimum atomic E-state index is -1.70. The Hall–Kier alpha value is -3.73. The Morgan fingerprint density at radius 1 is 1.09 bits per heavy atom. The van der Waals surface area contributed by atoms with Crippen LogP contribution in [0.5, 0.6) is 0 Å². The average molecular weight is 479 g/mol. The number of benzene rings is 2. The van der Waals surface area contributed by atoms with E-state index in [4.69, 9.17) is 9.47 Å². The molecule has 3 N–H and O–H groups in total. The van der Waals surface area contributed by atoms with E-state index in [1.165, 1.54) is 4.90 Å². The van der Waals surface area contributed by atoms with Gasteiger partial charge in [0.2, 0.25) is 0 Å². The van der Waals surface area contributed by atoms with E-state index in [0.717, 1.165) is 16.6 Å². The fourth-order valence-electron chi connectivity index (χ4n) is 4.42. The summed E-state index contributed by atoms with van der Waals surface area (Å²) in [5, 5.41) is 14.3. The molecule has 2 saturated heterocycles. The first-order chi connectivity index (χ1) is 16.9. The van der Waals surface area contributed by atoms with Crippen molar-refractivity contribution in [3.8, 4) is 0 Å². The number of aliphatic hydroxyl groups is 1. The minimum Gasteiger partial charge on any atom is -0.380 e. The highest BCUT2D eigenvalue weighted by atomic mass is 16.5. The van der Waals surface area contributed by atoms with Gasteiger partial charge in [0.15, 0.2) is 12.2 Å². The molecule has 10 heteroatoms. The Balaban J connectivity index is 1.30. The van der Waals surface area contributed by atoms with Crippen LogP contribution in [0.15, 0.2) is 48.5 Å². The summed E-state index contributed by atoms with van der Waals surface area (Å²) in [6.45, 7) is 3.22. The molecular weight excluding hydrogens is 452 g/mol. The summed E-state index contributed by atoms with van der Waals surface area (Å²) in [5.74, 6) is -1.41. The number of nitrogens with one attached hydrogen (secondary N) is 2. The molecule has 3 aromatic rings. The fourth-order valence-corrected chi connectivity index (χ4v) is 4.42. The van der Waals surface area contributed by atoms with E-state index >= 15 is 0 Å². The second kappa shape index (κ2) is 9.49. The lowest BCUT2D eigenvalue weighted by molar-refractivity contribution is -0.150. The van der Waals surface area contributed by atoms with E-state index in [-0.39, 0.29) is 25.7 Å². The topological polar surface area (TPSA) is 124 Å². The van der Waals surface area contributed by atoms with E-state index in [0.29, 0.717) is 30.2 Å². The second-order valence-corrected chi connectivity index (χ2v) is 8.59. The molecule has 2 unspecified atom stereocenters. The van der Waals surface area contributed by atoms with Gasteiger partial charge < -0.3 is 34.7 Å². The zero-order valence-corrected chi connectivity index (χ0v) is 19.2. The highest BCUT2D eigenvalue weighted by Gasteiger charge is 2.39. The summed E-state index contributed by atoms with van der Waals surface area (Å²) >= 11 is 0. The quantitative estimate of drug-likeness (QED) is 0.512. The highest BCUT2D eigenvalue weighted by molar-refractivity contribution is 6.05. The third-order valence-corrected chi connectivity index (χ3v) is 6.14. The number of H-pyrrole nitrogens is 1. The molecule has 0 bridgehead atoms. The molecule has 3 heterocycles. The van der Waals surface area contributed by atoms with Crippen molar-refractivity contribution in [1.82, 2.24) is 4.98 Å². The maximum Gasteiger partial charge on any atom is 0.259 e. The average Bonchev–Trinajstić information content (AvgIpc) is 3.23. The van der Waals surface area contributed by atoms with Crippen molar-refractivity contribution in [2.24, 2.45) is 0 Å². The number of ether oxygens (including phenoxy) is 2. The van der Waals surface area contributed by atoms with E-state index in [9.17, 15) is 19.5 Å². The third kappa shape index (κ3) is 4.63. The van der Waals surface area contributed by atoms with Crippen LogP contribution in [0.3, 0.4) is 0 Å². The molecule has 35 heavy (non-hydrogen) atoms. The van der Waals surface area contributed by atoms with Crippen LogP contribution >= 0.6 is 0 Å². The van der Waals surface area contributed by atoms with Crippen molar-refractivity contribution in [1.29, 1.82) is 0 Å². The van der Waals surface area contributed by atoms with Gasteiger partial charge in [-0.15, -0.1) is 0 Å². The number of aromatic nitrogens is 1. The largest absolute Gasteiger partial charge is 0.380 e. The van der Waals surface area contributed by atoms with Crippen molar-refractivity contribution in [2.45, 2.75) is 19.1 Å². The molecule has 2 aliphatic rings. The number of aromatic amines is 1. The lowest BCUT2D eigenvalue weighted by Gasteiger charge is -2.35. The van der Waals surface area contributed by atoms with Gasteiger partial charge in [0.05, 0.1) is 13.2 Å². The number of anilines is 3. The number of hydrogen-bond donors (Lipinski definition) is 3. The lowest BCUT2D eigenvalue weighted by Crippen LogP contribution is -2.55. The van der Waals surface area contributed by atoms with Gasteiger partial charge >= 0.3 is 0 Å². The molecular formula is C25H26N4O6. The van der Waals surface area contributed by atoms with Gasteiger partial charge in [-0.25, -0.2) is 0 Å². The zero-order chi connectivity index (χ0) is 24.5. The zero-order valence-electron chi connectivity index (χ0n) is 19.2. The summed E-state index contributed by atoms with van der Waals surface area (Å²) in [5.41, 5.74) is 3.64. The molecule has 1 aromatic heterocycles. The Morgan fingerprint density at radius 2 is 1.86 bits per heavy atom. The fraction of sp³-hybridized carbons (Fsp3) is 0.320. The normalized spacial score (nSPS) is 19.8. The molecule has 2 aromatic carbocycles. The first-order valence-electron chi connectivity index (χ1n) is 11.4. The third-order valence-electron chi connectivity index (χ3n) is 6.14. The van der Waals surface area contributed by atoms with Crippen LogP contribution in [0.4, 0.5) is 17.1 Å². The first kappa shape index (κ1) is 23.0. The molecule has 0 aliphatic carbocycles. The number of aliphatic hydroxyl groups excluding tert-OH is 1. The van der Waals surface area contributed by atoms with Gasteiger partial charge in [0.25, 0.3) is 17.7 Å². The maximum absolute atomic E-state index is 13.2. The van der Waals surface area contributed by atoms with Crippen LogP contribution < -0.4 is 15.1 Å². The van der Waals surface area contributed by atoms with Gasteiger partial charge in [-0.2, -0.15) is 0 Å². The number of nitrogens with zero attached hydrogens (tertiary/aromatic N) is 2. The van der Waals surface area contributed by atoms with Gasteiger partial charge in [-0.05, 0) is 49.4 Å². The van der Waals surface area contributed by atoms with Crippen LogP contribution in [0, 0.1) is 6.92 Å². The number of carbonyl (C=O) groups is 3. The molecule has 10 nitrogen and oxygen atoms in total. The summed E-state index contributed by atoms with van der Waals surface area (Å²) in [7, 11) is 0. The first-order valence-corrected chi connectivity index (χ1v) is 11.4. The molecule has 5 rings (SSSR count). The predicted octanol–water partition coefficient (Wildman–Crippen LogP) is 1.57. The Morgan fingerprint density at radius 3 is 2.66 bits per heavy atom. The summed E-state index contributed by atoms with van der Waals surface area (Å²) in [6.07, 6.45) is -3.05. The second-order valence-electron chi connectivity index (χ2n) is 8.59. The molecule has 0 saturated carbocycles. The Kier molecular flexibility index (Phi) is 6.25. The summed E-state index contributed by atoms with van der Waals surface area (Å²) < 4.78 is 10.7. The predicted molar refractivity (Wildman–Crippen MR) is 129 cm³/mol. The highest BCUT2D eigenvalue weighted by Crippen LogP contribution is 2.27. The maximum atomic E-state index is 13.2. The number of fused-ring (bicyclic) bond motifs is 1. The number of hydrogen-bond acceptors (Lipinski definition) is 6.